The zero-order valence-electron chi connectivity index (χ0n) is 16.4. The lowest BCUT2D eigenvalue weighted by Crippen LogP contribution is -2.10. The molecule has 0 radical (unpaired) electrons. The summed E-state index contributed by atoms with van der Waals surface area (Å²) in [5.74, 6) is -1.24. The number of aliphatic carboxylic acids is 1. The Morgan fingerprint density at radius 1 is 1.00 bits per heavy atom. The molecule has 146 valence electrons. The highest BCUT2D eigenvalue weighted by Crippen LogP contribution is 2.32. The lowest BCUT2D eigenvalue weighted by Gasteiger charge is -2.11. The highest BCUT2D eigenvalue weighted by atomic mass is 19.1. The molecule has 0 unspecified atom stereocenters. The predicted octanol–water partition coefficient (Wildman–Crippen LogP) is 5.74. The number of hydrogen-bond acceptors (Lipinski definition) is 1. The number of aromatic nitrogens is 1. The molecule has 4 rings (SSSR count). The van der Waals surface area contributed by atoms with Crippen LogP contribution in [-0.4, -0.2) is 15.6 Å². The zero-order chi connectivity index (χ0) is 20.5. The highest BCUT2D eigenvalue weighted by Gasteiger charge is 2.18. The number of rotatable bonds is 5. The average molecular weight is 387 g/mol. The second-order valence-corrected chi connectivity index (χ2v) is 7.41. The summed E-state index contributed by atoms with van der Waals surface area (Å²) in [7, 11) is 0. The normalized spacial score (nSPS) is 11.1. The number of fused-ring (bicyclic) bond motifs is 1. The van der Waals surface area contributed by atoms with Gasteiger partial charge in [-0.1, -0.05) is 54.1 Å². The van der Waals surface area contributed by atoms with Crippen LogP contribution in [0.2, 0.25) is 0 Å². The minimum absolute atomic E-state index is 0.145. The maximum Gasteiger partial charge on any atom is 0.323 e. The quantitative estimate of drug-likeness (QED) is 0.474. The van der Waals surface area contributed by atoms with Crippen molar-refractivity contribution < 1.29 is 14.3 Å². The van der Waals surface area contributed by atoms with Gasteiger partial charge < -0.3 is 9.67 Å². The fraction of sp³-hybridized carbons (Fsp3) is 0.160. The third-order valence-electron chi connectivity index (χ3n) is 5.46. The number of aryl methyl sites for hydroxylation is 1. The van der Waals surface area contributed by atoms with Crippen LogP contribution in [0, 0.1) is 19.7 Å². The molecule has 4 aromatic rings. The number of carboxylic acid groups (broad SMARTS) is 1. The van der Waals surface area contributed by atoms with Gasteiger partial charge in [-0.3, -0.25) is 4.79 Å². The van der Waals surface area contributed by atoms with Gasteiger partial charge in [0, 0.05) is 23.0 Å². The topological polar surface area (TPSA) is 42.2 Å². The Morgan fingerprint density at radius 2 is 1.72 bits per heavy atom. The van der Waals surface area contributed by atoms with Crippen LogP contribution < -0.4 is 0 Å². The Labute approximate surface area is 169 Å². The first-order valence-electron chi connectivity index (χ1n) is 9.58. The molecule has 0 aliphatic heterocycles. The van der Waals surface area contributed by atoms with Crippen molar-refractivity contribution in [2.75, 3.05) is 0 Å². The van der Waals surface area contributed by atoms with E-state index >= 15 is 0 Å². The van der Waals surface area contributed by atoms with Crippen LogP contribution in [-0.2, 0) is 17.8 Å². The Balaban J connectivity index is 1.85. The molecule has 4 heteroatoms. The van der Waals surface area contributed by atoms with Crippen molar-refractivity contribution in [1.29, 1.82) is 0 Å². The van der Waals surface area contributed by atoms with Crippen molar-refractivity contribution in [2.24, 2.45) is 0 Å². The standard InChI is InChI=1S/C25H22FNO2/c1-16-7-9-18(10-8-16)21-6-4-3-5-19(21)13-22-17(2)27(15-25(28)29)24-12-11-20(26)14-23(22)24/h3-12,14H,13,15H2,1-2H3,(H,28,29). The van der Waals surface area contributed by atoms with E-state index in [1.807, 2.05) is 19.1 Å². The van der Waals surface area contributed by atoms with Gasteiger partial charge in [-0.25, -0.2) is 4.39 Å². The minimum Gasteiger partial charge on any atom is -0.480 e. The molecule has 29 heavy (non-hydrogen) atoms. The Morgan fingerprint density at radius 3 is 2.45 bits per heavy atom. The van der Waals surface area contributed by atoms with E-state index < -0.39 is 5.97 Å². The second-order valence-electron chi connectivity index (χ2n) is 7.41. The molecule has 1 N–H and O–H groups in total. The molecule has 3 nitrogen and oxygen atoms in total. The zero-order valence-corrected chi connectivity index (χ0v) is 16.4. The van der Waals surface area contributed by atoms with E-state index in [4.69, 9.17) is 0 Å². The van der Waals surface area contributed by atoms with Gasteiger partial charge in [0.05, 0.1) is 0 Å². The molecule has 0 aliphatic carbocycles. The Hall–Kier alpha value is -3.40. The van der Waals surface area contributed by atoms with Crippen molar-refractivity contribution >= 4 is 16.9 Å². The lowest BCUT2D eigenvalue weighted by molar-refractivity contribution is -0.137. The first-order chi connectivity index (χ1) is 13.9. The lowest BCUT2D eigenvalue weighted by atomic mass is 9.93. The molecule has 0 aliphatic rings. The summed E-state index contributed by atoms with van der Waals surface area (Å²) in [6, 6.07) is 21.1. The van der Waals surface area contributed by atoms with Crippen LogP contribution in [0.4, 0.5) is 4.39 Å². The summed E-state index contributed by atoms with van der Waals surface area (Å²) in [4.78, 5) is 11.4. The summed E-state index contributed by atoms with van der Waals surface area (Å²) in [5, 5.41) is 10.1. The molecule has 0 atom stereocenters. The molecule has 0 saturated carbocycles. The molecule has 0 bridgehead atoms. The maximum absolute atomic E-state index is 14.0. The molecular weight excluding hydrogens is 365 g/mol. The van der Waals surface area contributed by atoms with Crippen LogP contribution in [0.1, 0.15) is 22.4 Å². The molecule has 0 fully saturated rings. The third-order valence-corrected chi connectivity index (χ3v) is 5.46. The maximum atomic E-state index is 14.0. The summed E-state index contributed by atoms with van der Waals surface area (Å²) in [5.41, 5.74) is 7.14. The number of nitrogens with zero attached hydrogens (tertiary/aromatic N) is 1. The first-order valence-corrected chi connectivity index (χ1v) is 9.58. The van der Waals surface area contributed by atoms with Crippen molar-refractivity contribution in [3.63, 3.8) is 0 Å². The molecule has 1 heterocycles. The van der Waals surface area contributed by atoms with Crippen LogP contribution in [0.25, 0.3) is 22.0 Å². The number of carboxylic acids is 1. The van der Waals surface area contributed by atoms with Gasteiger partial charge in [-0.2, -0.15) is 0 Å². The van der Waals surface area contributed by atoms with Crippen molar-refractivity contribution in [1.82, 2.24) is 4.57 Å². The molecule has 0 saturated heterocycles. The van der Waals surface area contributed by atoms with Crippen molar-refractivity contribution in [3.05, 3.63) is 94.9 Å². The minimum atomic E-state index is -0.916. The van der Waals surface area contributed by atoms with Crippen LogP contribution in [0.5, 0.6) is 0 Å². The first kappa shape index (κ1) is 18.9. The van der Waals surface area contributed by atoms with Gasteiger partial charge in [-0.15, -0.1) is 0 Å². The van der Waals surface area contributed by atoms with E-state index in [1.165, 1.54) is 17.7 Å². The van der Waals surface area contributed by atoms with Gasteiger partial charge in [0.1, 0.15) is 12.4 Å². The smallest absolute Gasteiger partial charge is 0.323 e. The van der Waals surface area contributed by atoms with Gasteiger partial charge in [0.25, 0.3) is 0 Å². The third kappa shape index (κ3) is 3.66. The monoisotopic (exact) mass is 387 g/mol. The average Bonchev–Trinajstić information content (AvgIpc) is 2.94. The fourth-order valence-electron chi connectivity index (χ4n) is 3.97. The Bertz CT molecular complexity index is 1210. The number of benzene rings is 3. The number of carbonyl (C=O) groups is 1. The summed E-state index contributed by atoms with van der Waals surface area (Å²) in [6.07, 6.45) is 0.600. The van der Waals surface area contributed by atoms with E-state index in [1.54, 1.807) is 10.6 Å². The van der Waals surface area contributed by atoms with Crippen molar-refractivity contribution in [2.45, 2.75) is 26.8 Å². The molecule has 1 aromatic heterocycles. The fourth-order valence-corrected chi connectivity index (χ4v) is 3.97. The van der Waals surface area contributed by atoms with E-state index in [0.717, 1.165) is 38.9 Å². The number of hydrogen-bond donors (Lipinski definition) is 1. The second kappa shape index (κ2) is 7.55. The highest BCUT2D eigenvalue weighted by molar-refractivity contribution is 5.87. The Kier molecular flexibility index (Phi) is 4.93. The predicted molar refractivity (Wildman–Crippen MR) is 114 cm³/mol. The van der Waals surface area contributed by atoms with E-state index in [2.05, 4.69) is 43.3 Å². The van der Waals surface area contributed by atoms with Crippen LogP contribution >= 0.6 is 0 Å². The molecule has 0 spiro atoms. The molecule has 0 amide bonds. The molecule has 3 aromatic carbocycles. The van der Waals surface area contributed by atoms with Crippen LogP contribution in [0.3, 0.4) is 0 Å². The summed E-state index contributed by atoms with van der Waals surface area (Å²) in [6.45, 7) is 3.82. The SMILES string of the molecule is Cc1ccc(-c2ccccc2Cc2c(C)n(CC(=O)O)c3ccc(F)cc23)cc1. The summed E-state index contributed by atoms with van der Waals surface area (Å²) >= 11 is 0. The van der Waals surface area contributed by atoms with Crippen LogP contribution in [0.15, 0.2) is 66.7 Å². The van der Waals surface area contributed by atoms with E-state index in [-0.39, 0.29) is 12.4 Å². The van der Waals surface area contributed by atoms with Crippen molar-refractivity contribution in [3.8, 4) is 11.1 Å². The summed E-state index contributed by atoms with van der Waals surface area (Å²) < 4.78 is 15.8. The largest absolute Gasteiger partial charge is 0.480 e. The molecular formula is C25H22FNO2. The van der Waals surface area contributed by atoms with Gasteiger partial charge in [0.15, 0.2) is 0 Å². The van der Waals surface area contributed by atoms with E-state index in [0.29, 0.717) is 6.42 Å². The van der Waals surface area contributed by atoms with Gasteiger partial charge in [-0.05, 0) is 54.3 Å². The van der Waals surface area contributed by atoms with E-state index in [9.17, 15) is 14.3 Å². The number of halogens is 1. The van der Waals surface area contributed by atoms with Gasteiger partial charge >= 0.3 is 5.97 Å². The van der Waals surface area contributed by atoms with Gasteiger partial charge in [0.2, 0.25) is 0 Å².